The summed E-state index contributed by atoms with van der Waals surface area (Å²) in [6.07, 6.45) is 18.0. The Morgan fingerprint density at radius 3 is 1.64 bits per heavy atom. The highest BCUT2D eigenvalue weighted by Crippen LogP contribution is 2.47. The molecule has 0 spiro atoms. The molecule has 1 aliphatic carbocycles. The highest BCUT2D eigenvalue weighted by atomic mass is 31.2. The largest absolute Gasteiger partial charge is 0.472 e. The third kappa shape index (κ3) is 23.6. The van der Waals surface area contributed by atoms with Gasteiger partial charge in [-0.25, -0.2) is 4.57 Å². The maximum absolute atomic E-state index is 12.7. The second kappa shape index (κ2) is 30.3. The van der Waals surface area contributed by atoms with Crippen LogP contribution in [0.25, 0.3) is 0 Å². The Kier molecular flexibility index (Phi) is 28.1. The van der Waals surface area contributed by atoms with Crippen LogP contribution in [0.2, 0.25) is 0 Å². The Hall–Kier alpha value is -1.93. The molecule has 0 aliphatic heterocycles. The van der Waals surface area contributed by atoms with E-state index in [1.54, 1.807) is 0 Å². The van der Waals surface area contributed by atoms with Crippen LogP contribution in [0.15, 0.2) is 36.5 Å². The van der Waals surface area contributed by atoms with E-state index in [1.165, 1.54) is 32.1 Å². The molecule has 0 aromatic heterocycles. The molecule has 0 amide bonds. The van der Waals surface area contributed by atoms with Gasteiger partial charge in [-0.3, -0.25) is 18.6 Å². The molecule has 1 fully saturated rings. The predicted octanol–water partition coefficient (Wildman–Crippen LogP) is 6.27. The first-order valence-corrected chi connectivity index (χ1v) is 21.3. The number of hydrogen-bond donors (Lipinski definition) is 6. The Morgan fingerprint density at radius 2 is 1.08 bits per heavy atom. The number of rotatable bonds is 31. The third-order valence-corrected chi connectivity index (χ3v) is 9.98. The molecule has 0 aromatic carbocycles. The number of ether oxygens (including phenoxy) is 2. The minimum atomic E-state index is -5.11. The SMILES string of the molecule is CC/C=C\C/C=C\C/C=C\CCCCCCCC(=O)O[C@H](COC(=O)CCCCCCCCCCC)COP(=O)(O)OC1C(O)C(O)C(O)[C@@H](O)C1O. The fourth-order valence-corrected chi connectivity index (χ4v) is 6.74. The van der Waals surface area contributed by atoms with Gasteiger partial charge in [0.05, 0.1) is 6.61 Å². The van der Waals surface area contributed by atoms with Crippen molar-refractivity contribution in [3.63, 3.8) is 0 Å². The maximum atomic E-state index is 12.7. The average molecular weight is 777 g/mol. The van der Waals surface area contributed by atoms with Gasteiger partial charge >= 0.3 is 19.8 Å². The Bertz CT molecular complexity index is 1080. The van der Waals surface area contributed by atoms with Crippen molar-refractivity contribution in [1.82, 2.24) is 0 Å². The van der Waals surface area contributed by atoms with Gasteiger partial charge in [0.1, 0.15) is 43.2 Å². The summed E-state index contributed by atoms with van der Waals surface area (Å²) >= 11 is 0. The number of aliphatic hydroxyl groups excluding tert-OH is 5. The molecule has 1 saturated carbocycles. The van der Waals surface area contributed by atoms with Crippen molar-refractivity contribution < 1.29 is 63.1 Å². The van der Waals surface area contributed by atoms with Crippen LogP contribution >= 0.6 is 7.82 Å². The van der Waals surface area contributed by atoms with Gasteiger partial charge in [0.2, 0.25) is 0 Å². The molecular formula is C39H69O13P. The molecule has 6 N–H and O–H groups in total. The molecule has 14 heteroatoms. The standard InChI is InChI=1S/C39H69O13P/c1-3-5-7-9-11-13-14-15-16-17-18-20-22-24-26-28-33(41)51-31(29-49-32(40)27-25-23-21-19-12-10-8-6-4-2)30-50-53(47,48)52-39-37(45)35(43)34(42)36(44)38(39)46/h5,7,11,13,15-16,31,34-39,42-46H,3-4,6,8-10,12,14,17-30H2,1-2H3,(H,47,48)/b7-5-,13-11-,16-15-/t31-,34?,35-,36?,37?,38?,39?/m1/s1. The van der Waals surface area contributed by atoms with Gasteiger partial charge in [-0.05, 0) is 44.9 Å². The Labute approximate surface area is 317 Å². The summed E-state index contributed by atoms with van der Waals surface area (Å²) in [6.45, 7) is 3.11. The molecular weight excluding hydrogens is 707 g/mol. The van der Waals surface area contributed by atoms with Crippen molar-refractivity contribution in [2.75, 3.05) is 13.2 Å². The van der Waals surface area contributed by atoms with Gasteiger partial charge in [-0.1, -0.05) is 121 Å². The third-order valence-electron chi connectivity index (χ3n) is 9.00. The van der Waals surface area contributed by atoms with Crippen molar-refractivity contribution in [1.29, 1.82) is 0 Å². The van der Waals surface area contributed by atoms with Gasteiger partial charge in [0.15, 0.2) is 6.10 Å². The molecule has 53 heavy (non-hydrogen) atoms. The van der Waals surface area contributed by atoms with E-state index in [4.69, 9.17) is 18.5 Å². The highest BCUT2D eigenvalue weighted by molar-refractivity contribution is 7.47. The van der Waals surface area contributed by atoms with Crippen LogP contribution in [0.1, 0.15) is 142 Å². The molecule has 8 atom stereocenters. The van der Waals surface area contributed by atoms with Crippen molar-refractivity contribution in [2.45, 2.75) is 185 Å². The first kappa shape index (κ1) is 49.1. The summed E-state index contributed by atoms with van der Waals surface area (Å²) in [5, 5.41) is 49.9. The molecule has 0 heterocycles. The molecule has 1 rings (SSSR count). The van der Waals surface area contributed by atoms with Crippen LogP contribution in [0, 0.1) is 0 Å². The minimum absolute atomic E-state index is 0.0778. The Balaban J connectivity index is 2.54. The molecule has 0 saturated heterocycles. The van der Waals surface area contributed by atoms with Crippen LogP contribution < -0.4 is 0 Å². The molecule has 0 aromatic rings. The molecule has 308 valence electrons. The number of unbranched alkanes of at least 4 members (excludes halogenated alkanes) is 13. The number of carbonyl (C=O) groups is 2. The average Bonchev–Trinajstić information content (AvgIpc) is 3.13. The van der Waals surface area contributed by atoms with E-state index >= 15 is 0 Å². The summed E-state index contributed by atoms with van der Waals surface area (Å²) in [7, 11) is -5.11. The van der Waals surface area contributed by atoms with E-state index in [9.17, 15) is 44.6 Å². The molecule has 13 nitrogen and oxygen atoms in total. The van der Waals surface area contributed by atoms with E-state index < -0.39 is 75.7 Å². The number of allylic oxidation sites excluding steroid dienone is 6. The van der Waals surface area contributed by atoms with Crippen molar-refractivity contribution >= 4 is 19.8 Å². The quantitative estimate of drug-likeness (QED) is 0.0199. The van der Waals surface area contributed by atoms with Crippen molar-refractivity contribution in [3.8, 4) is 0 Å². The van der Waals surface area contributed by atoms with Gasteiger partial charge in [0, 0.05) is 12.8 Å². The summed E-state index contributed by atoms with van der Waals surface area (Å²) in [6, 6.07) is 0. The predicted molar refractivity (Wildman–Crippen MR) is 203 cm³/mol. The lowest BCUT2D eigenvalue weighted by Gasteiger charge is -2.41. The number of esters is 2. The fraction of sp³-hybridized carbons (Fsp3) is 0.795. The number of phosphoric acid groups is 1. The number of aliphatic hydroxyl groups is 5. The zero-order valence-corrected chi connectivity index (χ0v) is 32.9. The number of hydrogen-bond acceptors (Lipinski definition) is 12. The topological polar surface area (TPSA) is 210 Å². The van der Waals surface area contributed by atoms with E-state index in [0.29, 0.717) is 12.8 Å². The number of carbonyl (C=O) groups excluding carboxylic acids is 2. The van der Waals surface area contributed by atoms with E-state index in [-0.39, 0.29) is 12.8 Å². The second-order valence-electron chi connectivity index (χ2n) is 13.8. The van der Waals surface area contributed by atoms with E-state index in [0.717, 1.165) is 70.6 Å². The van der Waals surface area contributed by atoms with Gasteiger partial charge in [0.25, 0.3) is 0 Å². The van der Waals surface area contributed by atoms with Crippen molar-refractivity contribution in [2.24, 2.45) is 0 Å². The summed E-state index contributed by atoms with van der Waals surface area (Å²) < 4.78 is 33.3. The molecule has 0 radical (unpaired) electrons. The lowest BCUT2D eigenvalue weighted by molar-refractivity contribution is -0.220. The van der Waals surface area contributed by atoms with E-state index in [2.05, 4.69) is 50.3 Å². The smallest absolute Gasteiger partial charge is 0.462 e. The second-order valence-corrected chi connectivity index (χ2v) is 15.2. The van der Waals surface area contributed by atoms with Crippen LogP contribution in [0.4, 0.5) is 0 Å². The summed E-state index contributed by atoms with van der Waals surface area (Å²) in [4.78, 5) is 35.4. The first-order valence-electron chi connectivity index (χ1n) is 19.8. The number of phosphoric ester groups is 1. The maximum Gasteiger partial charge on any atom is 0.472 e. The highest BCUT2D eigenvalue weighted by Gasteiger charge is 2.51. The molecule has 1 aliphatic rings. The monoisotopic (exact) mass is 776 g/mol. The van der Waals surface area contributed by atoms with Crippen LogP contribution in [-0.2, 0) is 32.7 Å². The summed E-state index contributed by atoms with van der Waals surface area (Å²) in [5.74, 6) is -1.12. The van der Waals surface area contributed by atoms with Gasteiger partial charge < -0.3 is 39.9 Å². The van der Waals surface area contributed by atoms with Crippen LogP contribution in [0.5, 0.6) is 0 Å². The fourth-order valence-electron chi connectivity index (χ4n) is 5.77. The molecule has 6 unspecified atom stereocenters. The minimum Gasteiger partial charge on any atom is -0.462 e. The normalized spacial score (nSPS) is 23.8. The van der Waals surface area contributed by atoms with E-state index in [1.807, 2.05) is 0 Å². The lowest BCUT2D eigenvalue weighted by Crippen LogP contribution is -2.64. The Morgan fingerprint density at radius 1 is 0.604 bits per heavy atom. The molecule has 0 bridgehead atoms. The van der Waals surface area contributed by atoms with Crippen LogP contribution in [-0.4, -0.2) is 98.3 Å². The first-order chi connectivity index (χ1) is 25.4. The van der Waals surface area contributed by atoms with Crippen molar-refractivity contribution in [3.05, 3.63) is 36.5 Å². The van der Waals surface area contributed by atoms with Gasteiger partial charge in [-0.2, -0.15) is 0 Å². The summed E-state index contributed by atoms with van der Waals surface area (Å²) in [5.41, 5.74) is 0. The zero-order valence-electron chi connectivity index (χ0n) is 32.1. The van der Waals surface area contributed by atoms with Crippen LogP contribution in [0.3, 0.4) is 0 Å². The lowest BCUT2D eigenvalue weighted by atomic mass is 9.85. The van der Waals surface area contributed by atoms with Gasteiger partial charge in [-0.15, -0.1) is 0 Å². The zero-order chi connectivity index (χ0) is 39.3.